The molecule has 1 heterocycles. The van der Waals surface area contributed by atoms with Gasteiger partial charge in [-0.05, 0) is 55.7 Å². The lowest BCUT2D eigenvalue weighted by atomic mass is 10.1. The molecule has 1 aromatic carbocycles. The van der Waals surface area contributed by atoms with Crippen LogP contribution in [0.2, 0.25) is 5.02 Å². The zero-order chi connectivity index (χ0) is 14.9. The molecule has 0 unspecified atom stereocenters. The summed E-state index contributed by atoms with van der Waals surface area (Å²) in [7, 11) is 0. The van der Waals surface area contributed by atoms with Crippen molar-refractivity contribution in [1.82, 2.24) is 4.98 Å². The molecule has 5 heteroatoms. The van der Waals surface area contributed by atoms with E-state index < -0.39 is 0 Å². The number of ether oxygens (including phenoxy) is 1. The van der Waals surface area contributed by atoms with E-state index in [1.807, 2.05) is 39.0 Å². The molecule has 20 heavy (non-hydrogen) atoms. The Kier molecular flexibility index (Phi) is 4.26. The quantitative estimate of drug-likeness (QED) is 0.868. The van der Waals surface area contributed by atoms with E-state index in [-0.39, 0.29) is 4.99 Å². The SMILES string of the molecule is Cc1cc(Oc2nccc(C)c2C(N)=S)cc(C)c1Cl. The standard InChI is InChI=1S/C15H15ClN2OS/c1-8-4-5-18-15(12(8)14(17)20)19-11-6-9(2)13(16)10(3)7-11/h4-7H,1-3H3,(H2,17,20). The summed E-state index contributed by atoms with van der Waals surface area (Å²) in [4.78, 5) is 4.49. The fraction of sp³-hybridized carbons (Fsp3) is 0.200. The molecule has 1 aromatic heterocycles. The van der Waals surface area contributed by atoms with E-state index in [0.717, 1.165) is 21.7 Å². The number of aryl methyl sites for hydroxylation is 3. The summed E-state index contributed by atoms with van der Waals surface area (Å²) in [6, 6.07) is 5.57. The van der Waals surface area contributed by atoms with Crippen LogP contribution in [0.4, 0.5) is 0 Å². The van der Waals surface area contributed by atoms with Crippen LogP contribution < -0.4 is 10.5 Å². The van der Waals surface area contributed by atoms with Gasteiger partial charge in [-0.25, -0.2) is 4.98 Å². The Hall–Kier alpha value is -1.65. The predicted molar refractivity (Wildman–Crippen MR) is 85.9 cm³/mol. The molecule has 0 aliphatic carbocycles. The molecule has 104 valence electrons. The minimum Gasteiger partial charge on any atom is -0.438 e. The summed E-state index contributed by atoms with van der Waals surface area (Å²) in [5.74, 6) is 1.08. The van der Waals surface area contributed by atoms with Crippen LogP contribution in [0.5, 0.6) is 11.6 Å². The van der Waals surface area contributed by atoms with Crippen LogP contribution in [0, 0.1) is 20.8 Å². The van der Waals surface area contributed by atoms with Crippen LogP contribution in [0.25, 0.3) is 0 Å². The molecule has 2 rings (SSSR count). The maximum Gasteiger partial charge on any atom is 0.229 e. The molecule has 3 nitrogen and oxygen atoms in total. The first kappa shape index (κ1) is 14.8. The van der Waals surface area contributed by atoms with Crippen LogP contribution in [-0.4, -0.2) is 9.97 Å². The van der Waals surface area contributed by atoms with Crippen molar-refractivity contribution < 1.29 is 4.74 Å². The summed E-state index contributed by atoms with van der Waals surface area (Å²) in [6.45, 7) is 5.78. The number of benzene rings is 1. The van der Waals surface area contributed by atoms with E-state index in [2.05, 4.69) is 4.98 Å². The van der Waals surface area contributed by atoms with Crippen molar-refractivity contribution in [2.45, 2.75) is 20.8 Å². The summed E-state index contributed by atoms with van der Waals surface area (Å²) < 4.78 is 5.83. The lowest BCUT2D eigenvalue weighted by molar-refractivity contribution is 0.461. The van der Waals surface area contributed by atoms with Gasteiger partial charge in [0.15, 0.2) is 0 Å². The molecule has 0 atom stereocenters. The lowest BCUT2D eigenvalue weighted by Crippen LogP contribution is -2.13. The van der Waals surface area contributed by atoms with Crippen LogP contribution in [0.1, 0.15) is 22.3 Å². The molecule has 0 saturated carbocycles. The number of aromatic nitrogens is 1. The topological polar surface area (TPSA) is 48.1 Å². The molecular formula is C15H15ClN2OS. The minimum atomic E-state index is 0.271. The predicted octanol–water partition coefficient (Wildman–Crippen LogP) is 4.09. The van der Waals surface area contributed by atoms with Gasteiger partial charge in [0.1, 0.15) is 10.7 Å². The first-order chi connectivity index (χ1) is 9.40. The zero-order valence-corrected chi connectivity index (χ0v) is 13.1. The van der Waals surface area contributed by atoms with Gasteiger partial charge in [0.2, 0.25) is 5.88 Å². The lowest BCUT2D eigenvalue weighted by Gasteiger charge is -2.13. The number of thiocarbonyl (C=S) groups is 1. The first-order valence-electron chi connectivity index (χ1n) is 6.10. The van der Waals surface area contributed by atoms with Crippen LogP contribution >= 0.6 is 23.8 Å². The fourth-order valence-electron chi connectivity index (χ4n) is 1.99. The highest BCUT2D eigenvalue weighted by Gasteiger charge is 2.13. The molecule has 0 saturated heterocycles. The number of nitrogens with two attached hydrogens (primary N) is 1. The van der Waals surface area contributed by atoms with E-state index >= 15 is 0 Å². The van der Waals surface area contributed by atoms with Gasteiger partial charge in [0.05, 0.1) is 5.56 Å². The Bertz CT molecular complexity index is 663. The summed E-state index contributed by atoms with van der Waals surface area (Å²) in [6.07, 6.45) is 1.67. The maximum atomic E-state index is 6.15. The number of hydrogen-bond donors (Lipinski definition) is 1. The Balaban J connectivity index is 2.45. The fourth-order valence-corrected chi connectivity index (χ4v) is 2.34. The monoisotopic (exact) mass is 306 g/mol. The van der Waals surface area contributed by atoms with Gasteiger partial charge in [-0.2, -0.15) is 0 Å². The Morgan fingerprint density at radius 2 is 1.80 bits per heavy atom. The van der Waals surface area contributed by atoms with Gasteiger partial charge in [-0.1, -0.05) is 23.8 Å². The van der Waals surface area contributed by atoms with Gasteiger partial charge in [0.25, 0.3) is 0 Å². The molecular weight excluding hydrogens is 292 g/mol. The zero-order valence-electron chi connectivity index (χ0n) is 11.5. The average molecular weight is 307 g/mol. The first-order valence-corrected chi connectivity index (χ1v) is 6.88. The smallest absolute Gasteiger partial charge is 0.229 e. The van der Waals surface area contributed by atoms with Gasteiger partial charge in [0, 0.05) is 11.2 Å². The third-order valence-electron chi connectivity index (χ3n) is 3.00. The summed E-state index contributed by atoms with van der Waals surface area (Å²) in [5.41, 5.74) is 9.24. The molecule has 2 aromatic rings. The molecule has 0 aliphatic rings. The Morgan fingerprint density at radius 3 is 2.35 bits per heavy atom. The van der Waals surface area contributed by atoms with Crippen molar-refractivity contribution in [3.63, 3.8) is 0 Å². The van der Waals surface area contributed by atoms with Crippen LogP contribution in [0.3, 0.4) is 0 Å². The van der Waals surface area contributed by atoms with Gasteiger partial charge >= 0.3 is 0 Å². The number of pyridine rings is 1. The molecule has 0 fully saturated rings. The highest BCUT2D eigenvalue weighted by atomic mass is 35.5. The summed E-state index contributed by atoms with van der Waals surface area (Å²) >= 11 is 11.2. The van der Waals surface area contributed by atoms with E-state index in [9.17, 15) is 0 Å². The molecule has 0 aliphatic heterocycles. The van der Waals surface area contributed by atoms with E-state index in [1.54, 1.807) is 6.20 Å². The van der Waals surface area contributed by atoms with E-state index in [0.29, 0.717) is 17.2 Å². The second kappa shape index (κ2) is 5.77. The van der Waals surface area contributed by atoms with Crippen molar-refractivity contribution in [3.8, 4) is 11.6 Å². The second-order valence-electron chi connectivity index (χ2n) is 4.65. The molecule has 0 bridgehead atoms. The Morgan fingerprint density at radius 1 is 1.20 bits per heavy atom. The maximum absolute atomic E-state index is 6.15. The van der Waals surface area contributed by atoms with Crippen molar-refractivity contribution in [2.75, 3.05) is 0 Å². The second-order valence-corrected chi connectivity index (χ2v) is 5.46. The van der Waals surface area contributed by atoms with Crippen molar-refractivity contribution in [1.29, 1.82) is 0 Å². The van der Waals surface area contributed by atoms with Crippen LogP contribution in [0.15, 0.2) is 24.4 Å². The van der Waals surface area contributed by atoms with Gasteiger partial charge in [-0.15, -0.1) is 0 Å². The number of nitrogens with zero attached hydrogens (tertiary/aromatic N) is 1. The largest absolute Gasteiger partial charge is 0.438 e. The van der Waals surface area contributed by atoms with Gasteiger partial charge in [-0.3, -0.25) is 0 Å². The third kappa shape index (κ3) is 2.92. The van der Waals surface area contributed by atoms with Crippen molar-refractivity contribution >= 4 is 28.8 Å². The molecule has 2 N–H and O–H groups in total. The highest BCUT2D eigenvalue weighted by Crippen LogP contribution is 2.30. The normalized spacial score (nSPS) is 10.4. The van der Waals surface area contributed by atoms with Crippen molar-refractivity contribution in [2.24, 2.45) is 5.73 Å². The average Bonchev–Trinajstić information content (AvgIpc) is 2.35. The molecule has 0 spiro atoms. The van der Waals surface area contributed by atoms with Crippen LogP contribution in [-0.2, 0) is 0 Å². The Labute approximate surface area is 128 Å². The minimum absolute atomic E-state index is 0.271. The van der Waals surface area contributed by atoms with E-state index in [1.165, 1.54) is 0 Å². The summed E-state index contributed by atoms with van der Waals surface area (Å²) in [5, 5.41) is 0.740. The third-order valence-corrected chi connectivity index (χ3v) is 3.80. The highest BCUT2D eigenvalue weighted by molar-refractivity contribution is 7.80. The number of hydrogen-bond acceptors (Lipinski definition) is 3. The molecule has 0 amide bonds. The van der Waals surface area contributed by atoms with Gasteiger partial charge < -0.3 is 10.5 Å². The van der Waals surface area contributed by atoms with Crippen molar-refractivity contribution in [3.05, 3.63) is 51.7 Å². The molecule has 0 radical (unpaired) electrons. The number of halogens is 1. The van der Waals surface area contributed by atoms with E-state index in [4.69, 9.17) is 34.3 Å². The number of rotatable bonds is 3.